The summed E-state index contributed by atoms with van der Waals surface area (Å²) in [6.07, 6.45) is 5.65. The van der Waals surface area contributed by atoms with Crippen molar-refractivity contribution in [3.63, 3.8) is 0 Å². The summed E-state index contributed by atoms with van der Waals surface area (Å²) in [6.45, 7) is 5.35. The van der Waals surface area contributed by atoms with Crippen LogP contribution >= 0.6 is 0 Å². The molecule has 0 aliphatic rings. The molecule has 0 bridgehead atoms. The third-order valence-corrected chi connectivity index (χ3v) is 3.28. The Morgan fingerprint density at radius 3 is 2.63 bits per heavy atom. The van der Waals surface area contributed by atoms with Gasteiger partial charge in [0.25, 0.3) is 0 Å². The molecule has 1 aromatic heterocycles. The van der Waals surface area contributed by atoms with Gasteiger partial charge < -0.3 is 5.32 Å². The Bertz CT molecular complexity index is 476. The molecule has 19 heavy (non-hydrogen) atoms. The second-order valence-electron chi connectivity index (χ2n) is 4.77. The number of hydrogen-bond donors (Lipinski definition) is 1. The number of hydrogen-bond acceptors (Lipinski definition) is 2. The highest BCUT2D eigenvalue weighted by molar-refractivity contribution is 5.30. The van der Waals surface area contributed by atoms with E-state index in [1.165, 1.54) is 12.8 Å². The van der Waals surface area contributed by atoms with E-state index in [2.05, 4.69) is 37.4 Å². The van der Waals surface area contributed by atoms with Gasteiger partial charge in [-0.05, 0) is 31.2 Å². The van der Waals surface area contributed by atoms with E-state index in [0.717, 1.165) is 24.3 Å². The van der Waals surface area contributed by atoms with Gasteiger partial charge in [-0.25, -0.2) is 4.68 Å². The molecule has 1 aromatic carbocycles. The Labute approximate surface area is 115 Å². The van der Waals surface area contributed by atoms with Crippen LogP contribution in [0.25, 0.3) is 5.69 Å². The first-order valence-corrected chi connectivity index (χ1v) is 7.19. The average Bonchev–Trinajstić information content (AvgIpc) is 2.94. The lowest BCUT2D eigenvalue weighted by Crippen LogP contribution is -2.21. The molecule has 0 saturated carbocycles. The quantitative estimate of drug-likeness (QED) is 0.819. The maximum atomic E-state index is 4.71. The van der Waals surface area contributed by atoms with E-state index in [-0.39, 0.29) is 0 Å². The number of rotatable bonds is 7. The van der Waals surface area contributed by atoms with Crippen molar-refractivity contribution in [1.29, 1.82) is 0 Å². The van der Waals surface area contributed by atoms with Crippen LogP contribution in [-0.4, -0.2) is 16.3 Å². The average molecular weight is 257 g/mol. The van der Waals surface area contributed by atoms with Gasteiger partial charge in [-0.1, -0.05) is 44.9 Å². The highest BCUT2D eigenvalue weighted by atomic mass is 15.3. The Hall–Kier alpha value is -1.61. The fourth-order valence-electron chi connectivity index (χ4n) is 2.26. The summed E-state index contributed by atoms with van der Waals surface area (Å²) in [4.78, 5) is 0. The third kappa shape index (κ3) is 3.67. The van der Waals surface area contributed by atoms with Crippen molar-refractivity contribution < 1.29 is 0 Å². The van der Waals surface area contributed by atoms with Crippen molar-refractivity contribution in [3.8, 4) is 5.69 Å². The van der Waals surface area contributed by atoms with Crippen molar-refractivity contribution in [1.82, 2.24) is 15.1 Å². The van der Waals surface area contributed by atoms with Gasteiger partial charge in [-0.2, -0.15) is 5.10 Å². The predicted molar refractivity (Wildman–Crippen MR) is 79.5 cm³/mol. The van der Waals surface area contributed by atoms with Gasteiger partial charge in [0, 0.05) is 6.20 Å². The van der Waals surface area contributed by atoms with E-state index < -0.39 is 0 Å². The maximum Gasteiger partial charge on any atom is 0.0798 e. The van der Waals surface area contributed by atoms with Crippen molar-refractivity contribution >= 4 is 0 Å². The molecule has 0 fully saturated rings. The molecule has 1 unspecified atom stereocenters. The molecule has 102 valence electrons. The Balaban J connectivity index is 2.14. The molecule has 3 nitrogen and oxygen atoms in total. The predicted octanol–water partition coefficient (Wildman–Crippen LogP) is 3.71. The molecule has 0 aliphatic carbocycles. The number of aromatic nitrogens is 2. The van der Waals surface area contributed by atoms with Gasteiger partial charge in [-0.3, -0.25) is 0 Å². The van der Waals surface area contributed by atoms with Crippen LogP contribution < -0.4 is 5.32 Å². The third-order valence-electron chi connectivity index (χ3n) is 3.28. The van der Waals surface area contributed by atoms with Crippen LogP contribution in [0, 0.1) is 0 Å². The monoisotopic (exact) mass is 257 g/mol. The van der Waals surface area contributed by atoms with Crippen LogP contribution in [0.15, 0.2) is 42.6 Å². The van der Waals surface area contributed by atoms with Gasteiger partial charge in [0.1, 0.15) is 0 Å². The van der Waals surface area contributed by atoms with Gasteiger partial charge in [0.15, 0.2) is 0 Å². The first-order chi connectivity index (χ1) is 9.35. The topological polar surface area (TPSA) is 29.9 Å². The molecule has 0 saturated heterocycles. The molecule has 1 N–H and O–H groups in total. The summed E-state index contributed by atoms with van der Waals surface area (Å²) < 4.78 is 1.95. The van der Waals surface area contributed by atoms with E-state index in [1.54, 1.807) is 0 Å². The first-order valence-electron chi connectivity index (χ1n) is 7.19. The lowest BCUT2D eigenvalue weighted by molar-refractivity contribution is 0.481. The van der Waals surface area contributed by atoms with Crippen LogP contribution in [0.4, 0.5) is 0 Å². The summed E-state index contributed by atoms with van der Waals surface area (Å²) >= 11 is 0. The highest BCUT2D eigenvalue weighted by Crippen LogP contribution is 2.18. The number of unbranched alkanes of at least 4 members (excludes halogenated alkanes) is 1. The molecular weight excluding hydrogens is 234 g/mol. The van der Waals surface area contributed by atoms with Gasteiger partial charge >= 0.3 is 0 Å². The lowest BCUT2D eigenvalue weighted by Gasteiger charge is -2.15. The summed E-state index contributed by atoms with van der Waals surface area (Å²) in [7, 11) is 0. The fraction of sp³-hybridized carbons (Fsp3) is 0.438. The zero-order valence-electron chi connectivity index (χ0n) is 11.8. The van der Waals surface area contributed by atoms with Crippen molar-refractivity contribution in [2.24, 2.45) is 0 Å². The van der Waals surface area contributed by atoms with Gasteiger partial charge in [0.2, 0.25) is 0 Å². The summed E-state index contributed by atoms with van der Waals surface area (Å²) in [6, 6.07) is 12.7. The van der Waals surface area contributed by atoms with E-state index in [0.29, 0.717) is 6.04 Å². The number of nitrogens with zero attached hydrogens (tertiary/aromatic N) is 2. The Morgan fingerprint density at radius 1 is 1.16 bits per heavy atom. The van der Waals surface area contributed by atoms with E-state index >= 15 is 0 Å². The van der Waals surface area contributed by atoms with E-state index in [9.17, 15) is 0 Å². The molecular formula is C16H23N3. The van der Waals surface area contributed by atoms with Gasteiger partial charge in [-0.15, -0.1) is 0 Å². The minimum atomic E-state index is 0.370. The standard InChI is InChI=1S/C16H23N3/c1-3-5-11-15(17-4-2)16-12-13-19(18-16)14-9-7-6-8-10-14/h6-10,12-13,15,17H,3-5,11H2,1-2H3. The summed E-state index contributed by atoms with van der Waals surface area (Å²) in [5.74, 6) is 0. The van der Waals surface area contributed by atoms with Crippen molar-refractivity contribution in [2.45, 2.75) is 39.2 Å². The minimum Gasteiger partial charge on any atom is -0.309 e. The molecule has 3 heteroatoms. The Morgan fingerprint density at radius 2 is 1.95 bits per heavy atom. The van der Waals surface area contributed by atoms with Crippen molar-refractivity contribution in [3.05, 3.63) is 48.3 Å². The maximum absolute atomic E-state index is 4.71. The molecule has 1 atom stereocenters. The van der Waals surface area contributed by atoms with E-state index in [4.69, 9.17) is 5.10 Å². The first kappa shape index (κ1) is 13.8. The largest absolute Gasteiger partial charge is 0.309 e. The summed E-state index contributed by atoms with van der Waals surface area (Å²) in [5, 5.41) is 8.23. The smallest absolute Gasteiger partial charge is 0.0798 e. The van der Waals surface area contributed by atoms with Crippen molar-refractivity contribution in [2.75, 3.05) is 6.54 Å². The molecule has 2 aromatic rings. The molecule has 0 spiro atoms. The molecule has 2 rings (SSSR count). The number of nitrogens with one attached hydrogen (secondary N) is 1. The normalized spacial score (nSPS) is 12.5. The molecule has 1 heterocycles. The second-order valence-corrected chi connectivity index (χ2v) is 4.77. The van der Waals surface area contributed by atoms with Crippen LogP contribution in [0.3, 0.4) is 0 Å². The fourth-order valence-corrected chi connectivity index (χ4v) is 2.26. The van der Waals surface area contributed by atoms with E-state index in [1.807, 2.05) is 29.1 Å². The highest BCUT2D eigenvalue weighted by Gasteiger charge is 2.13. The number of para-hydroxylation sites is 1. The van der Waals surface area contributed by atoms with Crippen LogP contribution in [-0.2, 0) is 0 Å². The zero-order valence-corrected chi connectivity index (χ0v) is 11.8. The van der Waals surface area contributed by atoms with Crippen LogP contribution in [0.1, 0.15) is 44.8 Å². The molecule has 0 radical (unpaired) electrons. The Kier molecular flexibility index (Phi) is 5.16. The lowest BCUT2D eigenvalue weighted by atomic mass is 10.1. The van der Waals surface area contributed by atoms with Crippen LogP contribution in [0.2, 0.25) is 0 Å². The summed E-state index contributed by atoms with van der Waals surface area (Å²) in [5.41, 5.74) is 2.25. The minimum absolute atomic E-state index is 0.370. The zero-order chi connectivity index (χ0) is 13.5. The van der Waals surface area contributed by atoms with Crippen LogP contribution in [0.5, 0.6) is 0 Å². The molecule has 0 amide bonds. The van der Waals surface area contributed by atoms with Gasteiger partial charge in [0.05, 0.1) is 17.4 Å². The SMILES string of the molecule is CCCCC(NCC)c1ccn(-c2ccccc2)n1. The molecule has 0 aliphatic heterocycles. The second kappa shape index (κ2) is 7.10. The number of benzene rings is 1.